The molecule has 0 aliphatic rings. The van der Waals surface area contributed by atoms with Crippen molar-refractivity contribution in [2.24, 2.45) is 5.16 Å². The van der Waals surface area contributed by atoms with Gasteiger partial charge in [0.25, 0.3) is 0 Å². The summed E-state index contributed by atoms with van der Waals surface area (Å²) in [6.07, 6.45) is 0. The molecule has 114 valence electrons. The van der Waals surface area contributed by atoms with Crippen molar-refractivity contribution in [3.8, 4) is 0 Å². The van der Waals surface area contributed by atoms with Crippen LogP contribution in [0.15, 0.2) is 40.9 Å². The number of nitrogens with two attached hydrogens (primary N) is 1. The van der Waals surface area contributed by atoms with Crippen LogP contribution in [0.3, 0.4) is 0 Å². The number of carbonyl (C=O) groups is 2. The van der Waals surface area contributed by atoms with Gasteiger partial charge in [-0.1, -0.05) is 23.4 Å². The number of carbonyl (C=O) groups excluding carboxylic acids is 2. The second-order valence-electron chi connectivity index (χ2n) is 3.98. The van der Waals surface area contributed by atoms with E-state index in [0.717, 1.165) is 11.3 Å². The molecule has 2 rings (SSSR count). The minimum atomic E-state index is -0.742. The van der Waals surface area contributed by atoms with E-state index in [4.69, 9.17) is 15.3 Å². The second kappa shape index (κ2) is 7.32. The number of rotatable bonds is 5. The minimum Gasteiger partial charge on any atom is -0.461 e. The molecule has 0 unspecified atom stereocenters. The Kier molecular flexibility index (Phi) is 5.21. The Morgan fingerprint density at radius 1 is 1.32 bits per heavy atom. The summed E-state index contributed by atoms with van der Waals surface area (Å²) in [7, 11) is 0. The number of nitrogen functional groups attached to an aromatic ring is 1. The molecule has 0 bridgehead atoms. The van der Waals surface area contributed by atoms with E-state index in [2.05, 4.69) is 10.1 Å². The Morgan fingerprint density at radius 3 is 2.64 bits per heavy atom. The monoisotopic (exact) mass is 319 g/mol. The highest BCUT2D eigenvalue weighted by atomic mass is 32.1. The summed E-state index contributed by atoms with van der Waals surface area (Å²) in [5, 5.41) is 5.38. The third kappa shape index (κ3) is 3.89. The van der Waals surface area contributed by atoms with Crippen molar-refractivity contribution < 1.29 is 19.2 Å². The van der Waals surface area contributed by atoms with E-state index >= 15 is 0 Å². The van der Waals surface area contributed by atoms with Gasteiger partial charge in [-0.3, -0.25) is 0 Å². The van der Waals surface area contributed by atoms with Crippen molar-refractivity contribution in [1.82, 2.24) is 4.98 Å². The van der Waals surface area contributed by atoms with Crippen molar-refractivity contribution in [2.75, 3.05) is 12.3 Å². The number of oxime groups is 1. The summed E-state index contributed by atoms with van der Waals surface area (Å²) in [6, 6.07) is 8.29. The smallest absolute Gasteiger partial charge is 0.365 e. The highest BCUT2D eigenvalue weighted by molar-refractivity contribution is 7.13. The van der Waals surface area contributed by atoms with Crippen LogP contribution in [0.1, 0.15) is 23.0 Å². The van der Waals surface area contributed by atoms with Gasteiger partial charge in [-0.15, -0.1) is 11.3 Å². The van der Waals surface area contributed by atoms with Gasteiger partial charge in [-0.05, 0) is 19.1 Å². The molecule has 0 spiro atoms. The van der Waals surface area contributed by atoms with E-state index in [9.17, 15) is 9.59 Å². The molecule has 2 N–H and O–H groups in total. The maximum absolute atomic E-state index is 11.9. The topological polar surface area (TPSA) is 104 Å². The molecule has 0 saturated carbocycles. The number of aromatic nitrogens is 1. The molecule has 2 aromatic rings. The lowest BCUT2D eigenvalue weighted by Crippen LogP contribution is -2.20. The molecule has 0 fully saturated rings. The number of esters is 1. The van der Waals surface area contributed by atoms with E-state index in [0.29, 0.717) is 5.56 Å². The number of nitrogens with zero attached hydrogens (tertiary/aromatic N) is 2. The lowest BCUT2D eigenvalue weighted by atomic mass is 10.2. The molecule has 1 aromatic heterocycles. The van der Waals surface area contributed by atoms with Crippen LogP contribution in [0.4, 0.5) is 5.13 Å². The van der Waals surface area contributed by atoms with Gasteiger partial charge >= 0.3 is 11.9 Å². The highest BCUT2D eigenvalue weighted by Crippen LogP contribution is 2.13. The molecule has 22 heavy (non-hydrogen) atoms. The molecule has 0 aliphatic heterocycles. The van der Waals surface area contributed by atoms with Gasteiger partial charge in [0.2, 0.25) is 5.71 Å². The number of ether oxygens (including phenoxy) is 1. The van der Waals surface area contributed by atoms with Crippen LogP contribution in [-0.4, -0.2) is 29.2 Å². The van der Waals surface area contributed by atoms with Crippen LogP contribution in [-0.2, 0) is 14.4 Å². The predicted molar refractivity (Wildman–Crippen MR) is 81.6 cm³/mol. The Morgan fingerprint density at radius 2 is 2.05 bits per heavy atom. The first-order valence-electron chi connectivity index (χ1n) is 6.34. The first-order valence-corrected chi connectivity index (χ1v) is 7.22. The molecule has 0 aliphatic carbocycles. The maximum atomic E-state index is 11.9. The van der Waals surface area contributed by atoms with Crippen molar-refractivity contribution in [2.45, 2.75) is 6.92 Å². The molecular formula is C14H13N3O4S. The van der Waals surface area contributed by atoms with Crippen LogP contribution in [0.5, 0.6) is 0 Å². The number of hydrogen-bond acceptors (Lipinski definition) is 8. The van der Waals surface area contributed by atoms with Gasteiger partial charge < -0.3 is 15.3 Å². The molecule has 0 saturated heterocycles. The Labute approximate surface area is 130 Å². The number of hydrogen-bond donors (Lipinski definition) is 1. The zero-order chi connectivity index (χ0) is 15.9. The molecule has 8 heteroatoms. The Hall–Kier alpha value is -2.74. The summed E-state index contributed by atoms with van der Waals surface area (Å²) >= 11 is 1.14. The second-order valence-corrected chi connectivity index (χ2v) is 4.87. The average Bonchev–Trinajstić information content (AvgIpc) is 2.95. The zero-order valence-corrected chi connectivity index (χ0v) is 12.5. The SMILES string of the molecule is CCOC(=O)/C(=N\OC(=O)c1ccccc1)c1csc(N)n1. The number of benzene rings is 1. The molecule has 7 nitrogen and oxygen atoms in total. The van der Waals surface area contributed by atoms with Gasteiger partial charge in [-0.2, -0.15) is 0 Å². The van der Waals surface area contributed by atoms with Crippen LogP contribution in [0, 0.1) is 0 Å². The molecule has 0 amide bonds. The fraction of sp³-hybridized carbons (Fsp3) is 0.143. The lowest BCUT2D eigenvalue weighted by Gasteiger charge is -2.03. The van der Waals surface area contributed by atoms with Gasteiger partial charge in [0.15, 0.2) is 5.13 Å². The van der Waals surface area contributed by atoms with Crippen molar-refractivity contribution >= 4 is 34.1 Å². The summed E-state index contributed by atoms with van der Waals surface area (Å²) in [5.41, 5.74) is 5.83. The highest BCUT2D eigenvalue weighted by Gasteiger charge is 2.20. The third-order valence-corrected chi connectivity index (χ3v) is 3.14. The summed E-state index contributed by atoms with van der Waals surface area (Å²) in [6.45, 7) is 1.81. The summed E-state index contributed by atoms with van der Waals surface area (Å²) < 4.78 is 4.87. The van der Waals surface area contributed by atoms with Crippen molar-refractivity contribution in [3.05, 3.63) is 47.0 Å². The quantitative estimate of drug-likeness (QED) is 0.390. The first kappa shape index (κ1) is 15.6. The number of anilines is 1. The summed E-state index contributed by atoms with van der Waals surface area (Å²) in [5.74, 6) is -1.43. The van der Waals surface area contributed by atoms with Crippen LogP contribution >= 0.6 is 11.3 Å². The maximum Gasteiger partial charge on any atom is 0.365 e. The van der Waals surface area contributed by atoms with E-state index in [1.165, 1.54) is 5.38 Å². The fourth-order valence-corrected chi connectivity index (χ4v) is 2.05. The van der Waals surface area contributed by atoms with E-state index < -0.39 is 11.9 Å². The van der Waals surface area contributed by atoms with Gasteiger partial charge in [0.05, 0.1) is 12.2 Å². The molecule has 0 radical (unpaired) electrons. The van der Waals surface area contributed by atoms with E-state index in [1.807, 2.05) is 0 Å². The predicted octanol–water partition coefficient (Wildman–Crippen LogP) is 1.85. The Balaban J connectivity index is 2.21. The van der Waals surface area contributed by atoms with Crippen molar-refractivity contribution in [3.63, 3.8) is 0 Å². The van der Waals surface area contributed by atoms with E-state index in [1.54, 1.807) is 37.3 Å². The normalized spacial score (nSPS) is 11.0. The summed E-state index contributed by atoms with van der Waals surface area (Å²) in [4.78, 5) is 32.5. The standard InChI is InChI=1S/C14H13N3O4S/c1-2-20-13(19)11(10-8-22-14(15)16-10)17-21-12(18)9-6-4-3-5-7-9/h3-8H,2H2,1H3,(H2,15,16)/b17-11-. The lowest BCUT2D eigenvalue weighted by molar-refractivity contribution is -0.135. The fourth-order valence-electron chi connectivity index (χ4n) is 1.50. The van der Waals surface area contributed by atoms with Crippen LogP contribution in [0.25, 0.3) is 0 Å². The molecule has 1 heterocycles. The molecule has 0 atom stereocenters. The van der Waals surface area contributed by atoms with Gasteiger partial charge in [-0.25, -0.2) is 14.6 Å². The Bertz CT molecular complexity index is 697. The number of thiazole rings is 1. The first-order chi connectivity index (χ1) is 10.6. The van der Waals surface area contributed by atoms with E-state index in [-0.39, 0.29) is 23.1 Å². The zero-order valence-electron chi connectivity index (χ0n) is 11.7. The molecule has 1 aromatic carbocycles. The van der Waals surface area contributed by atoms with Gasteiger partial charge in [0, 0.05) is 5.38 Å². The van der Waals surface area contributed by atoms with Crippen LogP contribution < -0.4 is 5.73 Å². The average molecular weight is 319 g/mol. The van der Waals surface area contributed by atoms with Crippen molar-refractivity contribution in [1.29, 1.82) is 0 Å². The van der Waals surface area contributed by atoms with Gasteiger partial charge in [0.1, 0.15) is 5.69 Å². The minimum absolute atomic E-state index is 0.157. The molecular weight excluding hydrogens is 306 g/mol. The van der Waals surface area contributed by atoms with Crippen LogP contribution in [0.2, 0.25) is 0 Å². The third-order valence-electron chi connectivity index (χ3n) is 2.46. The largest absolute Gasteiger partial charge is 0.461 e.